The van der Waals surface area contributed by atoms with Crippen molar-refractivity contribution in [2.75, 3.05) is 19.8 Å². The van der Waals surface area contributed by atoms with Crippen LogP contribution < -0.4 is 5.32 Å². The van der Waals surface area contributed by atoms with Crippen molar-refractivity contribution < 1.29 is 14.6 Å². The molecule has 0 heterocycles. The predicted octanol–water partition coefficient (Wildman–Crippen LogP) is 1.83. The molecule has 0 aliphatic heterocycles. The van der Waals surface area contributed by atoms with Gasteiger partial charge in [-0.2, -0.15) is 0 Å². The topological polar surface area (TPSA) is 58.6 Å². The third kappa shape index (κ3) is 5.80. The van der Waals surface area contributed by atoms with Gasteiger partial charge in [-0.25, -0.2) is 0 Å². The van der Waals surface area contributed by atoms with E-state index >= 15 is 0 Å². The van der Waals surface area contributed by atoms with Crippen LogP contribution in [0.4, 0.5) is 0 Å². The van der Waals surface area contributed by atoms with Crippen molar-refractivity contribution in [1.82, 2.24) is 5.32 Å². The minimum absolute atomic E-state index is 0.0802. The number of carbonyl (C=O) groups is 1. The lowest BCUT2D eigenvalue weighted by Gasteiger charge is -2.09. The van der Waals surface area contributed by atoms with Gasteiger partial charge in [0.05, 0.1) is 6.42 Å². The van der Waals surface area contributed by atoms with Gasteiger partial charge in [0.1, 0.15) is 0 Å². The van der Waals surface area contributed by atoms with Crippen LogP contribution >= 0.6 is 0 Å². The van der Waals surface area contributed by atoms with Crippen LogP contribution in [0.2, 0.25) is 0 Å². The molecular formula is C14H21NO3. The number of hydrogen-bond acceptors (Lipinski definition) is 3. The summed E-state index contributed by atoms with van der Waals surface area (Å²) < 4.78 is 5.24. The standard InChI is InChI=1S/C14H21NO3/c1-2-18-9-5-8-15-11-13-7-4-3-6-12(13)10-14(16)17/h3-4,6-7,15H,2,5,8-11H2,1H3,(H,16,17). The molecule has 1 aromatic rings. The van der Waals surface area contributed by atoms with Gasteiger partial charge in [0.2, 0.25) is 0 Å². The monoisotopic (exact) mass is 251 g/mol. The summed E-state index contributed by atoms with van der Waals surface area (Å²) in [5, 5.41) is 12.1. The number of carboxylic acid groups (broad SMARTS) is 1. The number of carboxylic acids is 1. The second kappa shape index (κ2) is 8.66. The van der Waals surface area contributed by atoms with Crippen LogP contribution in [0.1, 0.15) is 24.5 Å². The van der Waals surface area contributed by atoms with E-state index in [0.29, 0.717) is 6.54 Å². The number of nitrogens with one attached hydrogen (secondary N) is 1. The molecule has 1 aromatic carbocycles. The molecule has 0 fully saturated rings. The Morgan fingerprint density at radius 2 is 2.06 bits per heavy atom. The SMILES string of the molecule is CCOCCCNCc1ccccc1CC(=O)O. The molecular weight excluding hydrogens is 230 g/mol. The van der Waals surface area contributed by atoms with E-state index < -0.39 is 5.97 Å². The minimum Gasteiger partial charge on any atom is -0.481 e. The first kappa shape index (κ1) is 14.7. The van der Waals surface area contributed by atoms with Gasteiger partial charge in [-0.05, 0) is 31.0 Å². The predicted molar refractivity (Wildman–Crippen MR) is 70.6 cm³/mol. The zero-order valence-electron chi connectivity index (χ0n) is 10.8. The molecule has 0 atom stereocenters. The van der Waals surface area contributed by atoms with Gasteiger partial charge in [-0.15, -0.1) is 0 Å². The van der Waals surface area contributed by atoms with Crippen LogP contribution in [-0.2, 0) is 22.5 Å². The van der Waals surface area contributed by atoms with Gasteiger partial charge < -0.3 is 15.2 Å². The van der Waals surface area contributed by atoms with E-state index in [1.807, 2.05) is 31.2 Å². The number of aliphatic carboxylic acids is 1. The number of rotatable bonds is 9. The molecule has 0 radical (unpaired) electrons. The Balaban J connectivity index is 2.34. The minimum atomic E-state index is -0.793. The Labute approximate surface area is 108 Å². The van der Waals surface area contributed by atoms with E-state index in [2.05, 4.69) is 5.32 Å². The van der Waals surface area contributed by atoms with Crippen LogP contribution in [0.15, 0.2) is 24.3 Å². The van der Waals surface area contributed by atoms with Gasteiger partial charge in [0.25, 0.3) is 0 Å². The zero-order chi connectivity index (χ0) is 13.2. The van der Waals surface area contributed by atoms with Crippen molar-refractivity contribution >= 4 is 5.97 Å². The summed E-state index contributed by atoms with van der Waals surface area (Å²) in [7, 11) is 0. The van der Waals surface area contributed by atoms with Crippen molar-refractivity contribution in [3.8, 4) is 0 Å². The van der Waals surface area contributed by atoms with Gasteiger partial charge in [0.15, 0.2) is 0 Å². The first-order valence-electron chi connectivity index (χ1n) is 6.31. The maximum absolute atomic E-state index is 10.7. The molecule has 0 saturated heterocycles. The fraction of sp³-hybridized carbons (Fsp3) is 0.500. The van der Waals surface area contributed by atoms with Crippen LogP contribution in [0.25, 0.3) is 0 Å². The van der Waals surface area contributed by atoms with E-state index in [0.717, 1.165) is 37.3 Å². The Kier molecular flexibility index (Phi) is 7.06. The van der Waals surface area contributed by atoms with Gasteiger partial charge in [-0.3, -0.25) is 4.79 Å². The Morgan fingerprint density at radius 1 is 1.33 bits per heavy atom. The zero-order valence-corrected chi connectivity index (χ0v) is 10.8. The average molecular weight is 251 g/mol. The highest BCUT2D eigenvalue weighted by Crippen LogP contribution is 2.09. The van der Waals surface area contributed by atoms with Crippen LogP contribution in [0.3, 0.4) is 0 Å². The van der Waals surface area contributed by atoms with E-state index in [-0.39, 0.29) is 6.42 Å². The molecule has 0 spiro atoms. The largest absolute Gasteiger partial charge is 0.481 e. The van der Waals surface area contributed by atoms with Crippen LogP contribution in [0, 0.1) is 0 Å². The maximum atomic E-state index is 10.7. The molecule has 4 nitrogen and oxygen atoms in total. The highest BCUT2D eigenvalue weighted by molar-refractivity contribution is 5.70. The number of ether oxygens (including phenoxy) is 1. The second-order valence-corrected chi connectivity index (χ2v) is 4.07. The fourth-order valence-electron chi connectivity index (χ4n) is 1.73. The lowest BCUT2D eigenvalue weighted by Crippen LogP contribution is -2.18. The highest BCUT2D eigenvalue weighted by atomic mass is 16.5. The first-order valence-corrected chi connectivity index (χ1v) is 6.31. The maximum Gasteiger partial charge on any atom is 0.307 e. The normalized spacial score (nSPS) is 10.5. The average Bonchev–Trinajstić information content (AvgIpc) is 2.35. The number of hydrogen-bond donors (Lipinski definition) is 2. The van der Waals surface area contributed by atoms with Gasteiger partial charge in [-0.1, -0.05) is 24.3 Å². The van der Waals surface area contributed by atoms with Gasteiger partial charge >= 0.3 is 5.97 Å². The third-order valence-corrected chi connectivity index (χ3v) is 2.62. The summed E-state index contributed by atoms with van der Waals surface area (Å²) in [4.78, 5) is 10.7. The van der Waals surface area contributed by atoms with Crippen molar-refractivity contribution in [3.05, 3.63) is 35.4 Å². The molecule has 0 aromatic heterocycles. The van der Waals surface area contributed by atoms with E-state index in [1.54, 1.807) is 0 Å². The van der Waals surface area contributed by atoms with E-state index in [1.165, 1.54) is 0 Å². The molecule has 0 saturated carbocycles. The Morgan fingerprint density at radius 3 is 2.72 bits per heavy atom. The molecule has 0 aliphatic carbocycles. The Bertz CT molecular complexity index is 366. The van der Waals surface area contributed by atoms with Crippen molar-refractivity contribution in [1.29, 1.82) is 0 Å². The van der Waals surface area contributed by atoms with Crippen molar-refractivity contribution in [2.45, 2.75) is 26.3 Å². The molecule has 1 rings (SSSR count). The quantitative estimate of drug-likeness (QED) is 0.657. The summed E-state index contributed by atoms with van der Waals surface area (Å²) in [5.74, 6) is -0.793. The fourth-order valence-corrected chi connectivity index (χ4v) is 1.73. The molecule has 4 heteroatoms. The van der Waals surface area contributed by atoms with Crippen LogP contribution in [0.5, 0.6) is 0 Å². The lowest BCUT2D eigenvalue weighted by molar-refractivity contribution is -0.136. The Hall–Kier alpha value is -1.39. The van der Waals surface area contributed by atoms with E-state index in [4.69, 9.17) is 9.84 Å². The summed E-state index contributed by atoms with van der Waals surface area (Å²) in [6.45, 7) is 5.08. The highest BCUT2D eigenvalue weighted by Gasteiger charge is 2.05. The smallest absolute Gasteiger partial charge is 0.307 e. The molecule has 0 aliphatic rings. The number of benzene rings is 1. The van der Waals surface area contributed by atoms with Crippen molar-refractivity contribution in [3.63, 3.8) is 0 Å². The summed E-state index contributed by atoms with van der Waals surface area (Å²) >= 11 is 0. The summed E-state index contributed by atoms with van der Waals surface area (Å²) in [5.41, 5.74) is 1.93. The molecule has 0 unspecified atom stereocenters. The van der Waals surface area contributed by atoms with Crippen molar-refractivity contribution in [2.24, 2.45) is 0 Å². The summed E-state index contributed by atoms with van der Waals surface area (Å²) in [6, 6.07) is 7.64. The van der Waals surface area contributed by atoms with E-state index in [9.17, 15) is 4.79 Å². The molecule has 0 bridgehead atoms. The molecule has 2 N–H and O–H groups in total. The molecule has 100 valence electrons. The summed E-state index contributed by atoms with van der Waals surface area (Å²) in [6.07, 6.45) is 1.05. The third-order valence-electron chi connectivity index (χ3n) is 2.62. The molecule has 18 heavy (non-hydrogen) atoms. The van der Waals surface area contributed by atoms with Crippen LogP contribution in [-0.4, -0.2) is 30.8 Å². The first-order chi connectivity index (χ1) is 8.74. The van der Waals surface area contributed by atoms with Gasteiger partial charge in [0, 0.05) is 19.8 Å². The lowest BCUT2D eigenvalue weighted by atomic mass is 10.0. The second-order valence-electron chi connectivity index (χ2n) is 4.07. The molecule has 0 amide bonds.